The molecule has 0 aliphatic heterocycles. The van der Waals surface area contributed by atoms with Crippen molar-refractivity contribution in [3.63, 3.8) is 0 Å². The molecule has 1 aromatic heterocycles. The molecule has 80 valence electrons. The maximum absolute atomic E-state index is 9.53. The van der Waals surface area contributed by atoms with Crippen molar-refractivity contribution in [2.45, 2.75) is 18.5 Å². The number of alkyl halides is 1. The van der Waals surface area contributed by atoms with E-state index in [0.29, 0.717) is 5.13 Å². The highest BCUT2D eigenvalue weighted by Crippen LogP contribution is 2.26. The van der Waals surface area contributed by atoms with Gasteiger partial charge in [-0.3, -0.25) is 0 Å². The molecular weight excluding hydrogens is 232 g/mol. The summed E-state index contributed by atoms with van der Waals surface area (Å²) < 4.78 is 1.09. The van der Waals surface area contributed by atoms with Crippen LogP contribution in [0.25, 0.3) is 10.2 Å². The predicted octanol–water partition coefficient (Wildman–Crippen LogP) is 2.65. The Bertz CT molecular complexity index is 424. The molecular formula is C10H11ClN2OS. The molecule has 0 radical (unpaired) electrons. The molecule has 1 aromatic carbocycles. The average Bonchev–Trinajstić information content (AvgIpc) is 2.59. The van der Waals surface area contributed by atoms with Crippen molar-refractivity contribution >= 4 is 38.3 Å². The van der Waals surface area contributed by atoms with E-state index >= 15 is 0 Å². The SMILES string of the molecule is CC(Cl)C(O)Nc1nc2ccccc2s1. The second kappa shape index (κ2) is 4.35. The minimum absolute atomic E-state index is 0.350. The zero-order chi connectivity index (χ0) is 10.8. The Morgan fingerprint density at radius 2 is 2.20 bits per heavy atom. The standard InChI is InChI=1S/C10H11ClN2OS/c1-6(11)9(14)13-10-12-7-4-2-3-5-8(7)15-10/h2-6,9,14H,1H3,(H,12,13). The first-order chi connectivity index (χ1) is 7.16. The molecule has 3 nitrogen and oxygen atoms in total. The van der Waals surface area contributed by atoms with Crippen molar-refractivity contribution in [1.82, 2.24) is 4.98 Å². The maximum atomic E-state index is 9.53. The molecule has 2 N–H and O–H groups in total. The van der Waals surface area contributed by atoms with E-state index in [1.807, 2.05) is 24.3 Å². The first-order valence-corrected chi connectivity index (χ1v) is 5.86. The molecule has 2 rings (SSSR count). The van der Waals surface area contributed by atoms with E-state index in [-0.39, 0.29) is 5.38 Å². The molecule has 0 saturated carbocycles. The summed E-state index contributed by atoms with van der Waals surface area (Å²) in [7, 11) is 0. The normalized spacial score (nSPS) is 15.1. The van der Waals surface area contributed by atoms with Crippen LogP contribution in [0.2, 0.25) is 0 Å². The average molecular weight is 243 g/mol. The number of nitrogens with zero attached hydrogens (tertiary/aromatic N) is 1. The number of fused-ring (bicyclic) bond motifs is 1. The third kappa shape index (κ3) is 2.40. The summed E-state index contributed by atoms with van der Waals surface area (Å²) in [5.41, 5.74) is 0.930. The Morgan fingerprint density at radius 1 is 1.47 bits per heavy atom. The van der Waals surface area contributed by atoms with Gasteiger partial charge in [0.1, 0.15) is 6.23 Å². The summed E-state index contributed by atoms with van der Waals surface area (Å²) in [4.78, 5) is 4.32. The molecule has 0 fully saturated rings. The fourth-order valence-corrected chi connectivity index (χ4v) is 2.14. The van der Waals surface area contributed by atoms with Crippen LogP contribution in [0, 0.1) is 0 Å². The molecule has 2 aromatic rings. The van der Waals surface area contributed by atoms with Crippen LogP contribution in [-0.4, -0.2) is 21.7 Å². The third-order valence-corrected chi connectivity index (χ3v) is 3.21. The first kappa shape index (κ1) is 10.7. The Kier molecular flexibility index (Phi) is 3.09. The second-order valence-electron chi connectivity index (χ2n) is 3.25. The molecule has 2 atom stereocenters. The van der Waals surface area contributed by atoms with Crippen LogP contribution < -0.4 is 5.32 Å². The van der Waals surface area contributed by atoms with Crippen LogP contribution in [0.3, 0.4) is 0 Å². The van der Waals surface area contributed by atoms with Crippen LogP contribution in [0.4, 0.5) is 5.13 Å². The summed E-state index contributed by atoms with van der Waals surface area (Å²) in [5.74, 6) is 0. The quantitative estimate of drug-likeness (QED) is 0.643. The fourth-order valence-electron chi connectivity index (χ4n) is 1.18. The van der Waals surface area contributed by atoms with E-state index in [1.54, 1.807) is 6.92 Å². The molecule has 2 unspecified atom stereocenters. The molecule has 0 aliphatic rings. The number of nitrogens with one attached hydrogen (secondary N) is 1. The van der Waals surface area contributed by atoms with Crippen LogP contribution in [0.1, 0.15) is 6.92 Å². The molecule has 0 bridgehead atoms. The number of hydrogen-bond acceptors (Lipinski definition) is 4. The van der Waals surface area contributed by atoms with Gasteiger partial charge in [-0.2, -0.15) is 0 Å². The van der Waals surface area contributed by atoms with Gasteiger partial charge >= 0.3 is 0 Å². The molecule has 15 heavy (non-hydrogen) atoms. The highest BCUT2D eigenvalue weighted by Gasteiger charge is 2.12. The number of benzene rings is 1. The Hall–Kier alpha value is -0.840. The minimum atomic E-state index is -0.771. The van der Waals surface area contributed by atoms with Crippen LogP contribution >= 0.6 is 22.9 Å². The number of aromatic nitrogens is 1. The fraction of sp³-hybridized carbons (Fsp3) is 0.300. The van der Waals surface area contributed by atoms with Crippen molar-refractivity contribution in [2.24, 2.45) is 0 Å². The predicted molar refractivity (Wildman–Crippen MR) is 64.6 cm³/mol. The van der Waals surface area contributed by atoms with Gasteiger partial charge in [-0.15, -0.1) is 11.6 Å². The highest BCUT2D eigenvalue weighted by molar-refractivity contribution is 7.22. The molecule has 0 aliphatic carbocycles. The molecule has 1 heterocycles. The number of aliphatic hydroxyl groups excluding tert-OH is 1. The van der Waals surface area contributed by atoms with Crippen molar-refractivity contribution in [2.75, 3.05) is 5.32 Å². The van der Waals surface area contributed by atoms with E-state index in [0.717, 1.165) is 10.2 Å². The van der Waals surface area contributed by atoms with E-state index in [9.17, 15) is 5.11 Å². The van der Waals surface area contributed by atoms with Crippen molar-refractivity contribution in [1.29, 1.82) is 0 Å². The van der Waals surface area contributed by atoms with Gasteiger partial charge in [0.2, 0.25) is 0 Å². The van der Waals surface area contributed by atoms with E-state index < -0.39 is 6.23 Å². The van der Waals surface area contributed by atoms with Crippen LogP contribution in [0.5, 0.6) is 0 Å². The monoisotopic (exact) mass is 242 g/mol. The molecule has 5 heteroatoms. The van der Waals surface area contributed by atoms with Gasteiger partial charge in [-0.25, -0.2) is 4.98 Å². The number of hydrogen-bond donors (Lipinski definition) is 2. The lowest BCUT2D eigenvalue weighted by molar-refractivity contribution is 0.203. The number of rotatable bonds is 3. The largest absolute Gasteiger partial charge is 0.372 e. The first-order valence-electron chi connectivity index (χ1n) is 4.61. The lowest BCUT2D eigenvalue weighted by atomic mass is 10.3. The van der Waals surface area contributed by atoms with E-state index in [2.05, 4.69) is 10.3 Å². The van der Waals surface area contributed by atoms with Gasteiger partial charge in [0, 0.05) is 0 Å². The maximum Gasteiger partial charge on any atom is 0.185 e. The third-order valence-electron chi connectivity index (χ3n) is 2.00. The lowest BCUT2D eigenvalue weighted by Crippen LogP contribution is -2.26. The summed E-state index contributed by atoms with van der Waals surface area (Å²) >= 11 is 7.24. The van der Waals surface area contributed by atoms with Gasteiger partial charge < -0.3 is 10.4 Å². The Labute approximate surface area is 96.7 Å². The smallest absolute Gasteiger partial charge is 0.185 e. The van der Waals surface area contributed by atoms with Crippen LogP contribution in [0.15, 0.2) is 24.3 Å². The van der Waals surface area contributed by atoms with E-state index in [1.165, 1.54) is 11.3 Å². The topological polar surface area (TPSA) is 45.1 Å². The van der Waals surface area contributed by atoms with Gasteiger partial charge in [-0.1, -0.05) is 23.5 Å². The van der Waals surface area contributed by atoms with Crippen molar-refractivity contribution in [3.8, 4) is 0 Å². The van der Waals surface area contributed by atoms with Gasteiger partial charge in [0.15, 0.2) is 5.13 Å². The number of thiazole rings is 1. The van der Waals surface area contributed by atoms with Gasteiger partial charge in [-0.05, 0) is 19.1 Å². The summed E-state index contributed by atoms with van der Waals surface area (Å²) in [5, 5.41) is 12.7. The Morgan fingerprint density at radius 3 is 2.87 bits per heavy atom. The summed E-state index contributed by atoms with van der Waals surface area (Å²) in [6.45, 7) is 1.73. The lowest BCUT2D eigenvalue weighted by Gasteiger charge is -2.12. The van der Waals surface area contributed by atoms with Crippen molar-refractivity contribution in [3.05, 3.63) is 24.3 Å². The van der Waals surface area contributed by atoms with E-state index in [4.69, 9.17) is 11.6 Å². The second-order valence-corrected chi connectivity index (χ2v) is 4.97. The minimum Gasteiger partial charge on any atom is -0.372 e. The number of halogens is 1. The highest BCUT2D eigenvalue weighted by atomic mass is 35.5. The van der Waals surface area contributed by atoms with Crippen LogP contribution in [-0.2, 0) is 0 Å². The number of anilines is 1. The van der Waals surface area contributed by atoms with Gasteiger partial charge in [0.25, 0.3) is 0 Å². The van der Waals surface area contributed by atoms with Gasteiger partial charge in [0.05, 0.1) is 15.6 Å². The Balaban J connectivity index is 2.22. The summed E-state index contributed by atoms with van der Waals surface area (Å²) in [6.07, 6.45) is -0.771. The molecule has 0 spiro atoms. The molecule has 0 saturated heterocycles. The zero-order valence-corrected chi connectivity index (χ0v) is 9.72. The van der Waals surface area contributed by atoms with Crippen molar-refractivity contribution < 1.29 is 5.11 Å². The number of para-hydroxylation sites is 1. The zero-order valence-electron chi connectivity index (χ0n) is 8.14. The molecule has 0 amide bonds. The number of aliphatic hydroxyl groups is 1. The summed E-state index contributed by atoms with van der Waals surface area (Å²) in [6, 6.07) is 7.83.